The highest BCUT2D eigenvalue weighted by Crippen LogP contribution is 2.21. The zero-order chi connectivity index (χ0) is 20.0. The summed E-state index contributed by atoms with van der Waals surface area (Å²) >= 11 is 1.16. The number of hydrogen-bond acceptors (Lipinski definition) is 8. The molecule has 0 aliphatic heterocycles. The lowest BCUT2D eigenvalue weighted by Crippen LogP contribution is -2.13. The Bertz CT molecular complexity index is 1040. The highest BCUT2D eigenvalue weighted by Gasteiger charge is 2.14. The summed E-state index contributed by atoms with van der Waals surface area (Å²) in [6.45, 7) is 1.28. The zero-order valence-corrected chi connectivity index (χ0v) is 16.1. The minimum atomic E-state index is -4.80. The molecule has 0 spiro atoms. The van der Waals surface area contributed by atoms with Crippen LogP contribution in [0.25, 0.3) is 0 Å². The highest BCUT2D eigenvalue weighted by atomic mass is 32.3. The molecule has 0 aliphatic carbocycles. The zero-order valence-electron chi connectivity index (χ0n) is 14.4. The van der Waals surface area contributed by atoms with Gasteiger partial charge in [0.15, 0.2) is 0 Å². The molecule has 28 heavy (non-hydrogen) atoms. The third kappa shape index (κ3) is 5.47. The van der Waals surface area contributed by atoms with Crippen LogP contribution in [0.3, 0.4) is 0 Å². The van der Waals surface area contributed by atoms with Crippen molar-refractivity contribution in [3.8, 4) is 0 Å². The Morgan fingerprint density at radius 1 is 0.929 bits per heavy atom. The summed E-state index contributed by atoms with van der Waals surface area (Å²) in [4.78, 5) is 11.7. The summed E-state index contributed by atoms with van der Waals surface area (Å²) in [6.07, 6.45) is 0. The number of carbonyl (C=O) groups excluding carboxylic acids is 1. The normalized spacial score (nSPS) is 11.0. The van der Waals surface area contributed by atoms with E-state index in [1.807, 2.05) is 30.3 Å². The molecule has 0 atom stereocenters. The van der Waals surface area contributed by atoms with Crippen LogP contribution in [-0.4, -0.2) is 37.6 Å². The number of carbonyl (C=O) groups is 1. The fourth-order valence-corrected chi connectivity index (χ4v) is 3.34. The number of hydrogen-bond donors (Lipinski definition) is 3. The minimum Gasteiger partial charge on any atom is -0.383 e. The number of aromatic nitrogens is 2. The van der Waals surface area contributed by atoms with E-state index in [1.54, 1.807) is 0 Å². The number of rotatable bonds is 8. The van der Waals surface area contributed by atoms with Crippen molar-refractivity contribution in [2.75, 3.05) is 29.0 Å². The SMILES string of the molecule is O=C(Nc1nnc(NCCNc2ccccc2)s1)c1ccc(S(=O)(=O)F)cc1. The molecule has 11 heteroatoms. The lowest BCUT2D eigenvalue weighted by molar-refractivity contribution is 0.102. The van der Waals surface area contributed by atoms with E-state index in [4.69, 9.17) is 0 Å². The largest absolute Gasteiger partial charge is 0.383 e. The molecule has 146 valence electrons. The molecule has 3 N–H and O–H groups in total. The van der Waals surface area contributed by atoms with Crippen LogP contribution in [0.4, 0.5) is 19.8 Å². The topological polar surface area (TPSA) is 113 Å². The van der Waals surface area contributed by atoms with Gasteiger partial charge in [-0.15, -0.1) is 14.1 Å². The number of halogens is 1. The Morgan fingerprint density at radius 2 is 1.57 bits per heavy atom. The molecule has 0 radical (unpaired) electrons. The molecule has 0 unspecified atom stereocenters. The summed E-state index contributed by atoms with van der Waals surface area (Å²) in [5, 5.41) is 17.5. The first-order chi connectivity index (χ1) is 13.4. The van der Waals surface area contributed by atoms with E-state index in [0.29, 0.717) is 18.2 Å². The van der Waals surface area contributed by atoms with Crippen LogP contribution in [0.1, 0.15) is 10.4 Å². The molecule has 0 saturated heterocycles. The molecule has 3 aromatic rings. The number of nitrogens with one attached hydrogen (secondary N) is 3. The van der Waals surface area contributed by atoms with Gasteiger partial charge >= 0.3 is 10.2 Å². The van der Waals surface area contributed by atoms with Crippen molar-refractivity contribution in [3.05, 3.63) is 60.2 Å². The molecule has 0 fully saturated rings. The van der Waals surface area contributed by atoms with Crippen LogP contribution in [0.15, 0.2) is 59.5 Å². The van der Waals surface area contributed by atoms with Gasteiger partial charge in [0.2, 0.25) is 10.3 Å². The fourth-order valence-electron chi connectivity index (χ4n) is 2.22. The first kappa shape index (κ1) is 19.7. The standard InChI is InChI=1S/C17H16FN5O3S2/c18-28(25,26)14-8-6-12(7-9-14)15(24)21-17-23-22-16(27-17)20-11-10-19-13-4-2-1-3-5-13/h1-9,19H,10-11H2,(H,20,22)(H,21,23,24). The molecule has 0 aliphatic rings. The predicted molar refractivity (Wildman–Crippen MR) is 106 cm³/mol. The third-order valence-electron chi connectivity index (χ3n) is 3.55. The number of amides is 1. The van der Waals surface area contributed by atoms with Crippen LogP contribution in [0.5, 0.6) is 0 Å². The maximum atomic E-state index is 12.9. The second-order valence-corrected chi connectivity index (χ2v) is 7.87. The van der Waals surface area contributed by atoms with E-state index in [2.05, 4.69) is 26.1 Å². The highest BCUT2D eigenvalue weighted by molar-refractivity contribution is 7.86. The van der Waals surface area contributed by atoms with Crippen LogP contribution in [0.2, 0.25) is 0 Å². The van der Waals surface area contributed by atoms with Crippen molar-refractivity contribution in [1.82, 2.24) is 10.2 Å². The molecule has 8 nitrogen and oxygen atoms in total. The van der Waals surface area contributed by atoms with Crippen molar-refractivity contribution < 1.29 is 17.1 Å². The van der Waals surface area contributed by atoms with E-state index < -0.39 is 21.0 Å². The van der Waals surface area contributed by atoms with Crippen LogP contribution < -0.4 is 16.0 Å². The van der Waals surface area contributed by atoms with Gasteiger partial charge in [0.05, 0.1) is 4.90 Å². The second kappa shape index (κ2) is 8.76. The van der Waals surface area contributed by atoms with Crippen molar-refractivity contribution in [2.45, 2.75) is 4.90 Å². The van der Waals surface area contributed by atoms with Crippen LogP contribution in [-0.2, 0) is 10.2 Å². The Kier molecular flexibility index (Phi) is 6.16. The average Bonchev–Trinajstić information content (AvgIpc) is 3.13. The van der Waals surface area contributed by atoms with Gasteiger partial charge in [-0.3, -0.25) is 10.1 Å². The number of nitrogens with zero attached hydrogens (tertiary/aromatic N) is 2. The molecule has 0 saturated carbocycles. The average molecular weight is 421 g/mol. The van der Waals surface area contributed by atoms with Gasteiger partial charge in [0.25, 0.3) is 5.91 Å². The van der Waals surface area contributed by atoms with E-state index in [0.717, 1.165) is 29.2 Å². The van der Waals surface area contributed by atoms with Crippen LogP contribution in [0, 0.1) is 0 Å². The van der Waals surface area contributed by atoms with Crippen molar-refractivity contribution in [2.24, 2.45) is 0 Å². The summed E-state index contributed by atoms with van der Waals surface area (Å²) in [5.41, 5.74) is 1.19. The Hall–Kier alpha value is -3.05. The maximum absolute atomic E-state index is 12.9. The monoisotopic (exact) mass is 421 g/mol. The molecule has 2 aromatic carbocycles. The predicted octanol–water partition coefficient (Wildman–Crippen LogP) is 2.97. The van der Waals surface area contributed by atoms with Gasteiger partial charge in [-0.05, 0) is 36.4 Å². The van der Waals surface area contributed by atoms with Crippen molar-refractivity contribution >= 4 is 43.4 Å². The van der Waals surface area contributed by atoms with Gasteiger partial charge in [0, 0.05) is 24.3 Å². The van der Waals surface area contributed by atoms with Gasteiger partial charge < -0.3 is 10.6 Å². The maximum Gasteiger partial charge on any atom is 0.332 e. The van der Waals surface area contributed by atoms with E-state index >= 15 is 0 Å². The summed E-state index contributed by atoms with van der Waals surface area (Å²) in [7, 11) is -4.80. The van der Waals surface area contributed by atoms with Crippen molar-refractivity contribution in [3.63, 3.8) is 0 Å². The summed E-state index contributed by atoms with van der Waals surface area (Å²) in [6, 6.07) is 14.3. The Labute approximate surface area is 165 Å². The number of benzene rings is 2. The molecular weight excluding hydrogens is 405 g/mol. The van der Waals surface area contributed by atoms with E-state index in [1.165, 1.54) is 12.1 Å². The fraction of sp³-hybridized carbons (Fsp3) is 0.118. The third-order valence-corrected chi connectivity index (χ3v) is 5.18. The van der Waals surface area contributed by atoms with Gasteiger partial charge in [-0.2, -0.15) is 8.42 Å². The summed E-state index contributed by atoms with van der Waals surface area (Å²) < 4.78 is 34.5. The van der Waals surface area contributed by atoms with Crippen LogP contribution >= 0.6 is 11.3 Å². The quantitative estimate of drug-likeness (QED) is 0.378. The molecule has 1 amide bonds. The van der Waals surface area contributed by atoms with Gasteiger partial charge in [-0.1, -0.05) is 29.5 Å². The Morgan fingerprint density at radius 3 is 2.25 bits per heavy atom. The number of para-hydroxylation sites is 1. The van der Waals surface area contributed by atoms with Gasteiger partial charge in [0.1, 0.15) is 0 Å². The van der Waals surface area contributed by atoms with E-state index in [9.17, 15) is 17.1 Å². The van der Waals surface area contributed by atoms with Gasteiger partial charge in [-0.25, -0.2) is 0 Å². The summed E-state index contributed by atoms with van der Waals surface area (Å²) in [5.74, 6) is -0.503. The Balaban J connectivity index is 1.49. The lowest BCUT2D eigenvalue weighted by Gasteiger charge is -2.06. The molecule has 1 aromatic heterocycles. The minimum absolute atomic E-state index is 0.171. The smallest absolute Gasteiger partial charge is 0.332 e. The van der Waals surface area contributed by atoms with E-state index in [-0.39, 0.29) is 10.7 Å². The first-order valence-electron chi connectivity index (χ1n) is 8.14. The molecule has 0 bridgehead atoms. The molecule has 1 heterocycles. The lowest BCUT2D eigenvalue weighted by atomic mass is 10.2. The molecular formula is C17H16FN5O3S2. The first-order valence-corrected chi connectivity index (χ1v) is 10.3. The number of anilines is 3. The molecule has 3 rings (SSSR count). The van der Waals surface area contributed by atoms with Crippen molar-refractivity contribution in [1.29, 1.82) is 0 Å². The second-order valence-electron chi connectivity index (χ2n) is 5.55.